The number of nitrogens with two attached hydrogens (primary N) is 1. The van der Waals surface area contributed by atoms with E-state index in [1.54, 1.807) is 6.20 Å². The fourth-order valence-corrected chi connectivity index (χ4v) is 5.79. The molecule has 2 aliphatic heterocycles. The van der Waals surface area contributed by atoms with Gasteiger partial charge < -0.3 is 26.0 Å². The van der Waals surface area contributed by atoms with Gasteiger partial charge in [0.1, 0.15) is 5.56 Å². The van der Waals surface area contributed by atoms with Gasteiger partial charge in [-0.05, 0) is 68.7 Å². The molecule has 10 nitrogen and oxygen atoms in total. The summed E-state index contributed by atoms with van der Waals surface area (Å²) in [7, 11) is 0. The predicted octanol–water partition coefficient (Wildman–Crippen LogP) is 2.20. The number of anilines is 2. The predicted molar refractivity (Wildman–Crippen MR) is 138 cm³/mol. The Morgan fingerprint density at radius 3 is 2.73 bits per heavy atom. The Hall–Kier alpha value is -3.66. The molecule has 7 rings (SSSR count). The van der Waals surface area contributed by atoms with Crippen LogP contribution in [-0.4, -0.2) is 67.7 Å². The summed E-state index contributed by atoms with van der Waals surface area (Å²) in [5.74, 6) is 0.546. The maximum absolute atomic E-state index is 13.6. The van der Waals surface area contributed by atoms with Crippen molar-refractivity contribution < 1.29 is 14.7 Å². The minimum absolute atomic E-state index is 0.0725. The van der Waals surface area contributed by atoms with Crippen molar-refractivity contribution in [3.8, 4) is 11.3 Å². The van der Waals surface area contributed by atoms with Crippen LogP contribution in [0, 0.1) is 5.92 Å². The summed E-state index contributed by atoms with van der Waals surface area (Å²) in [4.78, 5) is 35.4. The summed E-state index contributed by atoms with van der Waals surface area (Å²) in [5, 5.41) is 17.5. The lowest BCUT2D eigenvalue weighted by atomic mass is 10.0. The number of nitrogens with zero attached hydrogens (tertiary/aromatic N) is 5. The Balaban J connectivity index is 1.32. The summed E-state index contributed by atoms with van der Waals surface area (Å²) < 4.78 is 1.54. The van der Waals surface area contributed by atoms with Crippen molar-refractivity contribution in [2.75, 3.05) is 23.7 Å². The normalized spacial score (nSPS) is 22.1. The Morgan fingerprint density at radius 1 is 1.22 bits per heavy atom. The second-order valence-electron chi connectivity index (χ2n) is 11.0. The van der Waals surface area contributed by atoms with Gasteiger partial charge >= 0.3 is 0 Å². The van der Waals surface area contributed by atoms with Crippen LogP contribution in [0.15, 0.2) is 24.4 Å². The number of nitrogens with one attached hydrogen (secondary N) is 1. The number of aromatic nitrogens is 3. The third-order valence-corrected chi connectivity index (χ3v) is 8.26. The van der Waals surface area contributed by atoms with Crippen molar-refractivity contribution in [2.45, 2.75) is 63.8 Å². The zero-order valence-electron chi connectivity index (χ0n) is 20.9. The molecule has 37 heavy (non-hydrogen) atoms. The van der Waals surface area contributed by atoms with E-state index in [4.69, 9.17) is 10.7 Å². The number of carbonyl (C=O) groups is 2. The quantitative estimate of drug-likeness (QED) is 0.472. The van der Waals surface area contributed by atoms with E-state index < -0.39 is 6.10 Å². The van der Waals surface area contributed by atoms with Crippen LogP contribution in [0.2, 0.25) is 0 Å². The molecule has 2 saturated carbocycles. The van der Waals surface area contributed by atoms with Crippen molar-refractivity contribution in [1.82, 2.24) is 24.8 Å². The van der Waals surface area contributed by atoms with Crippen LogP contribution in [0.3, 0.4) is 0 Å². The highest BCUT2D eigenvalue weighted by molar-refractivity contribution is 6.06. The maximum Gasteiger partial charge on any atom is 0.259 e. The molecule has 2 amide bonds. The molecule has 0 bridgehead atoms. The van der Waals surface area contributed by atoms with E-state index >= 15 is 0 Å². The molecule has 10 heteroatoms. The van der Waals surface area contributed by atoms with Gasteiger partial charge in [-0.25, -0.2) is 9.50 Å². The van der Waals surface area contributed by atoms with Gasteiger partial charge in [0, 0.05) is 43.5 Å². The first-order valence-corrected chi connectivity index (χ1v) is 13.2. The summed E-state index contributed by atoms with van der Waals surface area (Å²) in [6.07, 6.45) is 6.33. The molecular formula is C27H31N7O3. The molecule has 3 aromatic rings. The number of β-amino-alcohol motifs (C(OH)–C–C–N with tert-alkyl or cyclic N) is 1. The van der Waals surface area contributed by atoms with Crippen LogP contribution < -0.4 is 16.0 Å². The van der Waals surface area contributed by atoms with Gasteiger partial charge in [0.05, 0.1) is 23.0 Å². The molecule has 1 saturated heterocycles. The Morgan fingerprint density at radius 2 is 2.03 bits per heavy atom. The number of nitrogen functional groups attached to an aromatic ring is 1. The van der Waals surface area contributed by atoms with E-state index in [0.29, 0.717) is 43.3 Å². The monoisotopic (exact) mass is 501 g/mol. The number of benzene rings is 1. The zero-order chi connectivity index (χ0) is 25.4. The Labute approximate surface area is 214 Å². The molecule has 3 fully saturated rings. The molecule has 0 radical (unpaired) electrons. The summed E-state index contributed by atoms with van der Waals surface area (Å²) in [5.41, 5.74) is 10.9. The van der Waals surface area contributed by atoms with E-state index in [0.717, 1.165) is 35.2 Å². The van der Waals surface area contributed by atoms with E-state index in [1.165, 1.54) is 17.4 Å². The number of fused-ring (bicyclic) bond motifs is 2. The standard InChI is InChI=1S/C27H31N7O3/c1-14(15-2-3-15)33-12-17-10-16(11-21(22(17)27(33)37)32-8-6-19(35)13-32)20-7-9-34-25(30-20)23(24(28)31-34)26(36)29-18-4-5-18/h7,9-11,14-15,18-19,35H,2-6,8,12-13H2,1H3,(H2,28,31)(H,29,36)/t14-,19-/m0/s1. The lowest BCUT2D eigenvalue weighted by Gasteiger charge is -2.25. The molecule has 4 aliphatic rings. The Bertz CT molecular complexity index is 1440. The van der Waals surface area contributed by atoms with Crippen molar-refractivity contribution >= 4 is 29.0 Å². The van der Waals surface area contributed by atoms with Crippen molar-refractivity contribution in [3.05, 3.63) is 41.1 Å². The van der Waals surface area contributed by atoms with E-state index in [2.05, 4.69) is 22.2 Å². The second kappa shape index (κ2) is 8.17. The lowest BCUT2D eigenvalue weighted by molar-refractivity contribution is 0.0697. The van der Waals surface area contributed by atoms with Gasteiger partial charge in [-0.3, -0.25) is 9.59 Å². The molecule has 2 aliphatic carbocycles. The number of hydrogen-bond donors (Lipinski definition) is 3. The van der Waals surface area contributed by atoms with Crippen molar-refractivity contribution in [3.63, 3.8) is 0 Å². The zero-order valence-corrected chi connectivity index (χ0v) is 20.9. The second-order valence-corrected chi connectivity index (χ2v) is 11.0. The van der Waals surface area contributed by atoms with E-state index in [1.807, 2.05) is 23.1 Å². The Kier molecular flexibility index (Phi) is 4.98. The highest BCUT2D eigenvalue weighted by atomic mass is 16.3. The average molecular weight is 502 g/mol. The first-order valence-electron chi connectivity index (χ1n) is 13.2. The molecule has 2 atom stereocenters. The van der Waals surface area contributed by atoms with Crippen molar-refractivity contribution in [2.24, 2.45) is 5.92 Å². The van der Waals surface area contributed by atoms with Gasteiger partial charge in [0.25, 0.3) is 11.8 Å². The fraction of sp³-hybridized carbons (Fsp3) is 0.481. The van der Waals surface area contributed by atoms with Gasteiger partial charge in [-0.1, -0.05) is 0 Å². The summed E-state index contributed by atoms with van der Waals surface area (Å²) in [6.45, 7) is 3.91. The molecule has 2 aromatic heterocycles. The van der Waals surface area contributed by atoms with Crippen molar-refractivity contribution in [1.29, 1.82) is 0 Å². The molecular weight excluding hydrogens is 470 g/mol. The maximum atomic E-state index is 13.6. The fourth-order valence-electron chi connectivity index (χ4n) is 5.79. The number of carbonyl (C=O) groups excluding carboxylic acids is 2. The minimum atomic E-state index is -0.408. The van der Waals surface area contributed by atoms with Crippen LogP contribution >= 0.6 is 0 Å². The third kappa shape index (κ3) is 3.81. The molecule has 4 N–H and O–H groups in total. The number of aliphatic hydroxyl groups is 1. The van der Waals surface area contributed by atoms with Crippen LogP contribution in [-0.2, 0) is 6.54 Å². The molecule has 4 heterocycles. The first kappa shape index (κ1) is 22.5. The number of hydrogen-bond acceptors (Lipinski definition) is 7. The molecule has 192 valence electrons. The highest BCUT2D eigenvalue weighted by Gasteiger charge is 2.41. The van der Waals surface area contributed by atoms with E-state index in [9.17, 15) is 14.7 Å². The third-order valence-electron chi connectivity index (χ3n) is 8.26. The van der Waals surface area contributed by atoms with Crippen LogP contribution in [0.25, 0.3) is 16.9 Å². The summed E-state index contributed by atoms with van der Waals surface area (Å²) in [6, 6.07) is 6.30. The van der Waals surface area contributed by atoms with Crippen LogP contribution in [0.5, 0.6) is 0 Å². The van der Waals surface area contributed by atoms with Gasteiger partial charge in [0.2, 0.25) is 0 Å². The summed E-state index contributed by atoms with van der Waals surface area (Å²) >= 11 is 0. The smallest absolute Gasteiger partial charge is 0.259 e. The minimum Gasteiger partial charge on any atom is -0.391 e. The largest absolute Gasteiger partial charge is 0.391 e. The van der Waals surface area contributed by atoms with Crippen LogP contribution in [0.4, 0.5) is 11.5 Å². The van der Waals surface area contributed by atoms with Gasteiger partial charge in [-0.15, -0.1) is 5.10 Å². The topological polar surface area (TPSA) is 129 Å². The molecule has 0 unspecified atom stereocenters. The van der Waals surface area contributed by atoms with Gasteiger partial charge in [-0.2, -0.15) is 0 Å². The molecule has 1 aromatic carbocycles. The van der Waals surface area contributed by atoms with E-state index in [-0.39, 0.29) is 35.3 Å². The highest BCUT2D eigenvalue weighted by Crippen LogP contribution is 2.42. The van der Waals surface area contributed by atoms with Crippen LogP contribution in [0.1, 0.15) is 65.3 Å². The number of aliphatic hydroxyl groups excluding tert-OH is 1. The lowest BCUT2D eigenvalue weighted by Crippen LogP contribution is -2.35. The van der Waals surface area contributed by atoms with Gasteiger partial charge in [0.15, 0.2) is 11.5 Å². The molecule has 0 spiro atoms. The number of rotatable bonds is 6. The SMILES string of the molecule is C[C@@H](C1CC1)N1Cc2cc(-c3ccn4nc(N)c(C(=O)NC5CC5)c4n3)cc(N3CC[C@H](O)C3)c2C1=O. The average Bonchev–Trinajstić information content (AvgIpc) is 3.79. The first-order chi connectivity index (χ1) is 17.9. The number of amides is 2.